The average molecular weight is 998 g/mol. The molecule has 0 aromatic carbocycles. The molecule has 410 valence electrons. The van der Waals surface area contributed by atoms with Crippen molar-refractivity contribution in [2.45, 2.75) is 260 Å². The van der Waals surface area contributed by atoms with Gasteiger partial charge in [-0.3, -0.25) is 0 Å². The molecule has 72 heavy (non-hydrogen) atoms. The van der Waals surface area contributed by atoms with Gasteiger partial charge < -0.3 is 25.2 Å². The topological polar surface area (TPSA) is 90.2 Å². The molecule has 28 atom stereocenters. The van der Waals surface area contributed by atoms with Crippen LogP contribution in [0.4, 0.5) is 0 Å². The monoisotopic (exact) mass is 997 g/mol. The van der Waals surface area contributed by atoms with Gasteiger partial charge in [0, 0.05) is 12.0 Å². The lowest BCUT2D eigenvalue weighted by Crippen LogP contribution is -2.55. The van der Waals surface area contributed by atoms with Gasteiger partial charge >= 0.3 is 0 Å². The fourth-order valence-corrected chi connectivity index (χ4v) is 25.5. The van der Waals surface area contributed by atoms with E-state index in [1.807, 2.05) is 13.8 Å². The number of fused-ring (bicyclic) bond motifs is 14. The third kappa shape index (κ3) is 8.12. The highest BCUT2D eigenvalue weighted by Gasteiger charge is 2.68. The molecule has 0 aromatic heterocycles. The minimum absolute atomic E-state index is 0.107. The first-order valence-electron chi connectivity index (χ1n) is 32.2. The van der Waals surface area contributed by atoms with Gasteiger partial charge in [-0.1, -0.05) is 60.5 Å². The number of hydrogen-bond donors (Lipinski definition) is 4. The minimum Gasteiger partial charge on any atom is -0.396 e. The summed E-state index contributed by atoms with van der Waals surface area (Å²) in [4.78, 5) is 0. The van der Waals surface area contributed by atoms with E-state index in [9.17, 15) is 20.4 Å². The quantitative estimate of drug-likeness (QED) is 0.211. The molecule has 1 heterocycles. The molecule has 5 heteroatoms. The molecule has 0 aromatic rings. The second-order valence-electron chi connectivity index (χ2n) is 31.3. The number of rotatable bonds is 4. The summed E-state index contributed by atoms with van der Waals surface area (Å²) in [7, 11) is 0. The Labute approximate surface area is 441 Å². The van der Waals surface area contributed by atoms with Crippen LogP contribution in [0.5, 0.6) is 0 Å². The fourth-order valence-electron chi connectivity index (χ4n) is 25.5. The Bertz CT molecular complexity index is 1910. The van der Waals surface area contributed by atoms with E-state index in [0.717, 1.165) is 82.9 Å². The molecule has 13 rings (SSSR count). The first kappa shape index (κ1) is 53.5. The molecule has 1 spiro atoms. The predicted molar refractivity (Wildman–Crippen MR) is 293 cm³/mol. The minimum atomic E-state index is -0.483. The van der Waals surface area contributed by atoms with Crippen molar-refractivity contribution >= 4 is 0 Å². The predicted octanol–water partition coefficient (Wildman–Crippen LogP) is 15.5. The Kier molecular flexibility index (Phi) is 14.7. The van der Waals surface area contributed by atoms with Crippen molar-refractivity contribution in [3.8, 4) is 0 Å². The molecular weight excluding hydrogens is 885 g/mol. The highest BCUT2D eigenvalue weighted by molar-refractivity contribution is 5.17. The molecule has 1 unspecified atom stereocenters. The van der Waals surface area contributed by atoms with E-state index < -0.39 is 6.29 Å². The van der Waals surface area contributed by atoms with Crippen molar-refractivity contribution in [3.63, 3.8) is 0 Å². The van der Waals surface area contributed by atoms with Crippen LogP contribution in [0, 0.1) is 139 Å². The molecule has 1 aliphatic heterocycles. The third-order valence-electron chi connectivity index (χ3n) is 29.2. The van der Waals surface area contributed by atoms with Gasteiger partial charge in [0.2, 0.25) is 0 Å². The molecule has 1 saturated heterocycles. The van der Waals surface area contributed by atoms with E-state index >= 15 is 0 Å². The summed E-state index contributed by atoms with van der Waals surface area (Å²) in [6.07, 6.45) is 38.7. The summed E-state index contributed by atoms with van der Waals surface area (Å²) in [6.45, 7) is 26.3. The largest absolute Gasteiger partial charge is 0.396 e. The number of aliphatic hydroxyl groups excluding tert-OH is 4. The number of aliphatic hydroxyl groups is 4. The van der Waals surface area contributed by atoms with Crippen LogP contribution in [0.25, 0.3) is 0 Å². The van der Waals surface area contributed by atoms with Gasteiger partial charge in [0.1, 0.15) is 0 Å². The van der Waals surface area contributed by atoms with Crippen molar-refractivity contribution in [3.05, 3.63) is 12.7 Å². The standard InChI is InChI=1S/C23H38O2.C22H36O2.C22H38O/c1-4-23-12-10-20-18(21(23)8-7-19(23)15(2)25)6-5-17-13-16(14-24)9-11-22(17,20)3;1-13-8-10-21(3)15(12-13)4-5-16-18(21)9-11-22-17(6-7-19(16)22)14(2)24-20(22)23;1-14-9-11-21(3)16(13-14)5-6-17-19-8-7-18(15(2)23)22(19,4)12-10-20(17)21/h4,15-21,24-25H,1,5-14H2,2-3H3;13-20,23H,4-12H2,1-3H3;14-20,23H,5-13H2,1-4H3/t15-,16-,17+,18-,19-,20+,21+,22+,23-;13-,14-,15+,16-,17-,18+,19+,20?,21+,22+;14-,15-,16+,17+,18-,19+,20+,21+,22-/m111/s1. The van der Waals surface area contributed by atoms with E-state index in [2.05, 4.69) is 61.1 Å². The zero-order valence-corrected chi connectivity index (χ0v) is 48.0. The Balaban J connectivity index is 0.000000117. The Morgan fingerprint density at radius 2 is 0.931 bits per heavy atom. The van der Waals surface area contributed by atoms with E-state index in [-0.39, 0.29) is 29.1 Å². The lowest BCUT2D eigenvalue weighted by atomic mass is 9.44. The van der Waals surface area contributed by atoms with Crippen molar-refractivity contribution in [2.75, 3.05) is 6.61 Å². The number of hydrogen-bond acceptors (Lipinski definition) is 5. The van der Waals surface area contributed by atoms with Gasteiger partial charge in [-0.15, -0.1) is 6.58 Å². The SMILES string of the molecule is C=C[C@]12CC[C@H]3[C@@H](CC[C@H]4C[C@H](CO)CC[C@@]43C)[C@@H]1CC[C@@H]2[C@@H](C)O.C[C@@H]1CC[C@@]2(C)[C@@H](CC[C@@H]3[C@@H]2CC[C@]2(C)[C@@H]([C@@H](C)O)CC[C@@H]32)C1.C[C@@H]1CC[C@@]2(C)[C@@H](CC[C@@H]3[C@@H]2CC[C@]24C(O)O[C@H](C)[C@H]2CC[C@@H]34)C1. The van der Waals surface area contributed by atoms with E-state index in [1.165, 1.54) is 173 Å². The van der Waals surface area contributed by atoms with E-state index in [4.69, 9.17) is 4.74 Å². The Morgan fingerprint density at radius 3 is 1.50 bits per heavy atom. The van der Waals surface area contributed by atoms with Crippen LogP contribution in [-0.2, 0) is 4.74 Å². The van der Waals surface area contributed by atoms with Crippen molar-refractivity contribution in [1.29, 1.82) is 0 Å². The zero-order chi connectivity index (χ0) is 50.9. The smallest absolute Gasteiger partial charge is 0.161 e. The third-order valence-corrected chi connectivity index (χ3v) is 29.2. The molecule has 13 fully saturated rings. The van der Waals surface area contributed by atoms with Gasteiger partial charge in [-0.2, -0.15) is 0 Å². The van der Waals surface area contributed by atoms with Crippen molar-refractivity contribution in [1.82, 2.24) is 0 Å². The van der Waals surface area contributed by atoms with Crippen molar-refractivity contribution < 1.29 is 25.2 Å². The van der Waals surface area contributed by atoms with Crippen LogP contribution in [0.2, 0.25) is 0 Å². The number of ether oxygens (including phenoxy) is 1. The van der Waals surface area contributed by atoms with Crippen LogP contribution in [-0.4, -0.2) is 51.6 Å². The van der Waals surface area contributed by atoms with Crippen LogP contribution in [0.15, 0.2) is 12.7 Å². The maximum absolute atomic E-state index is 10.9. The molecule has 12 aliphatic carbocycles. The van der Waals surface area contributed by atoms with Crippen LogP contribution < -0.4 is 0 Å². The molecular formula is C67H112O5. The van der Waals surface area contributed by atoms with Gasteiger partial charge in [-0.05, 0) is 315 Å². The van der Waals surface area contributed by atoms with Gasteiger partial charge in [-0.25, -0.2) is 0 Å². The maximum atomic E-state index is 10.9. The molecule has 0 bridgehead atoms. The second-order valence-corrected chi connectivity index (χ2v) is 31.3. The van der Waals surface area contributed by atoms with Crippen molar-refractivity contribution in [2.24, 2.45) is 139 Å². The molecule has 5 nitrogen and oxygen atoms in total. The van der Waals surface area contributed by atoms with Gasteiger partial charge in [0.15, 0.2) is 6.29 Å². The average Bonchev–Trinajstić information content (AvgIpc) is 4.11. The Hall–Kier alpha value is -0.460. The molecule has 0 amide bonds. The normalized spacial score (nSPS) is 57.7. The maximum Gasteiger partial charge on any atom is 0.161 e. The Morgan fingerprint density at radius 1 is 0.486 bits per heavy atom. The lowest BCUT2D eigenvalue weighted by Gasteiger charge is -2.61. The van der Waals surface area contributed by atoms with E-state index in [1.54, 1.807) is 0 Å². The molecule has 13 aliphatic rings. The summed E-state index contributed by atoms with van der Waals surface area (Å²) in [5.41, 5.74) is 2.46. The summed E-state index contributed by atoms with van der Waals surface area (Å²) in [6, 6.07) is 0. The highest BCUT2D eigenvalue weighted by atomic mass is 16.6. The number of allylic oxidation sites excluding steroid dienone is 1. The molecule has 4 N–H and O–H groups in total. The van der Waals surface area contributed by atoms with Gasteiger partial charge in [0.05, 0.1) is 18.3 Å². The van der Waals surface area contributed by atoms with E-state index in [0.29, 0.717) is 51.9 Å². The highest BCUT2D eigenvalue weighted by Crippen LogP contribution is 2.73. The first-order valence-corrected chi connectivity index (χ1v) is 32.2. The van der Waals surface area contributed by atoms with Crippen LogP contribution in [0.3, 0.4) is 0 Å². The summed E-state index contributed by atoms with van der Waals surface area (Å²) >= 11 is 0. The molecule has 12 saturated carbocycles. The van der Waals surface area contributed by atoms with Gasteiger partial charge in [0.25, 0.3) is 0 Å². The fraction of sp³-hybridized carbons (Fsp3) is 0.970. The summed E-state index contributed by atoms with van der Waals surface area (Å²) < 4.78 is 5.97. The lowest BCUT2D eigenvalue weighted by molar-refractivity contribution is -0.190. The summed E-state index contributed by atoms with van der Waals surface area (Å²) in [5, 5.41) is 41.2. The molecule has 0 radical (unpaired) electrons. The second kappa shape index (κ2) is 19.7. The first-order chi connectivity index (χ1) is 34.3. The van der Waals surface area contributed by atoms with Crippen LogP contribution >= 0.6 is 0 Å². The van der Waals surface area contributed by atoms with Crippen LogP contribution in [0.1, 0.15) is 236 Å². The zero-order valence-electron chi connectivity index (χ0n) is 48.0. The summed E-state index contributed by atoms with van der Waals surface area (Å²) in [5.74, 6) is 14.7.